The number of fused-ring (bicyclic) bond motifs is 3. The zero-order valence-electron chi connectivity index (χ0n) is 19.2. The summed E-state index contributed by atoms with van der Waals surface area (Å²) < 4.78 is 7.94. The monoisotopic (exact) mass is 455 g/mol. The van der Waals surface area contributed by atoms with Gasteiger partial charge in [-0.05, 0) is 38.0 Å². The molecule has 34 heavy (non-hydrogen) atoms. The molecular weight excluding hydrogens is 430 g/mol. The number of rotatable bonds is 5. The number of nitrogens with zero attached hydrogens (tertiary/aromatic N) is 6. The van der Waals surface area contributed by atoms with Crippen LogP contribution in [0.2, 0.25) is 0 Å². The summed E-state index contributed by atoms with van der Waals surface area (Å²) in [5, 5.41) is 13.2. The highest BCUT2D eigenvalue weighted by atomic mass is 16.5. The second-order valence-corrected chi connectivity index (χ2v) is 8.56. The van der Waals surface area contributed by atoms with Crippen LogP contribution in [-0.4, -0.2) is 43.1 Å². The molecule has 0 aliphatic carbocycles. The minimum absolute atomic E-state index is 0.0926. The highest BCUT2D eigenvalue weighted by Gasteiger charge is 2.27. The van der Waals surface area contributed by atoms with Crippen molar-refractivity contribution in [2.45, 2.75) is 51.7 Å². The number of nitrogens with one attached hydrogen (secondary N) is 1. The molecule has 4 aromatic rings. The Morgan fingerprint density at radius 1 is 1.24 bits per heavy atom. The van der Waals surface area contributed by atoms with Crippen molar-refractivity contribution >= 4 is 33.5 Å². The van der Waals surface area contributed by atoms with Crippen molar-refractivity contribution < 1.29 is 9.53 Å². The minimum atomic E-state index is -0.195. The number of imidazole rings is 1. The van der Waals surface area contributed by atoms with Crippen LogP contribution in [0.3, 0.4) is 0 Å². The molecule has 3 aromatic heterocycles. The third-order valence-corrected chi connectivity index (χ3v) is 6.16. The number of ether oxygens (including phenoxy) is 1. The Morgan fingerprint density at radius 3 is 2.79 bits per heavy atom. The molecule has 9 nitrogen and oxygen atoms in total. The van der Waals surface area contributed by atoms with Crippen molar-refractivity contribution in [2.75, 3.05) is 11.9 Å². The molecule has 9 heteroatoms. The molecular formula is C25H25N7O2. The molecule has 1 aromatic carbocycles. The van der Waals surface area contributed by atoms with Gasteiger partial charge in [-0.25, -0.2) is 15.0 Å². The van der Waals surface area contributed by atoms with Crippen LogP contribution in [0.25, 0.3) is 21.9 Å². The molecule has 0 radical (unpaired) electrons. The number of hydrogen-bond donors (Lipinski definition) is 1. The molecule has 1 aliphatic heterocycles. The second kappa shape index (κ2) is 9.15. The molecule has 1 fully saturated rings. The number of aromatic nitrogens is 5. The second-order valence-electron chi connectivity index (χ2n) is 8.56. The number of anilines is 1. The fraction of sp³-hybridized carbons (Fsp3) is 0.360. The number of pyridine rings is 1. The van der Waals surface area contributed by atoms with Crippen molar-refractivity contribution in [1.82, 2.24) is 24.5 Å². The Balaban J connectivity index is 1.57. The molecule has 4 heterocycles. The normalized spacial score (nSPS) is 18.1. The first-order valence-corrected chi connectivity index (χ1v) is 11.5. The van der Waals surface area contributed by atoms with E-state index in [1.54, 1.807) is 24.7 Å². The molecule has 1 N–H and O–H groups in total. The third kappa shape index (κ3) is 4.20. The topological polar surface area (TPSA) is 119 Å². The average molecular weight is 456 g/mol. The minimum Gasteiger partial charge on any atom is -0.378 e. The number of hydrogen-bond acceptors (Lipinski definition) is 7. The van der Waals surface area contributed by atoms with Gasteiger partial charge in [-0.2, -0.15) is 5.26 Å². The van der Waals surface area contributed by atoms with E-state index in [1.165, 1.54) is 0 Å². The van der Waals surface area contributed by atoms with Crippen molar-refractivity contribution in [2.24, 2.45) is 0 Å². The molecule has 0 bridgehead atoms. The van der Waals surface area contributed by atoms with Gasteiger partial charge >= 0.3 is 0 Å². The number of carbonyl (C=O) groups is 1. The molecule has 1 aliphatic rings. The van der Waals surface area contributed by atoms with E-state index in [4.69, 9.17) is 9.72 Å². The maximum atomic E-state index is 13.0. The molecule has 0 unspecified atom stereocenters. The summed E-state index contributed by atoms with van der Waals surface area (Å²) in [5.41, 5.74) is 3.51. The van der Waals surface area contributed by atoms with Gasteiger partial charge in [0.2, 0.25) is 5.91 Å². The number of nitriles is 1. The van der Waals surface area contributed by atoms with Gasteiger partial charge in [0.25, 0.3) is 0 Å². The molecule has 0 spiro atoms. The van der Waals surface area contributed by atoms with Crippen molar-refractivity contribution in [3.63, 3.8) is 0 Å². The van der Waals surface area contributed by atoms with Crippen LogP contribution in [-0.2, 0) is 22.4 Å². The maximum Gasteiger partial charge on any atom is 0.232 e. The van der Waals surface area contributed by atoms with Gasteiger partial charge in [-0.15, -0.1) is 0 Å². The Kier molecular flexibility index (Phi) is 5.90. The van der Waals surface area contributed by atoms with Gasteiger partial charge in [0, 0.05) is 24.5 Å². The number of amides is 1. The van der Waals surface area contributed by atoms with Gasteiger partial charge < -0.3 is 14.6 Å². The predicted molar refractivity (Wildman–Crippen MR) is 127 cm³/mol. The zero-order valence-corrected chi connectivity index (χ0v) is 19.2. The summed E-state index contributed by atoms with van der Waals surface area (Å²) in [6.45, 7) is 4.68. The van der Waals surface area contributed by atoms with Crippen LogP contribution in [0.4, 0.5) is 5.69 Å². The van der Waals surface area contributed by atoms with Crippen LogP contribution in [0, 0.1) is 11.3 Å². The lowest BCUT2D eigenvalue weighted by atomic mass is 10.0. The summed E-state index contributed by atoms with van der Waals surface area (Å²) in [4.78, 5) is 30.8. The largest absolute Gasteiger partial charge is 0.378 e. The van der Waals surface area contributed by atoms with Gasteiger partial charge in [-0.3, -0.25) is 9.78 Å². The fourth-order valence-corrected chi connectivity index (χ4v) is 4.57. The molecule has 0 saturated carbocycles. The smallest absolute Gasteiger partial charge is 0.232 e. The van der Waals surface area contributed by atoms with E-state index in [1.807, 2.05) is 19.1 Å². The highest BCUT2D eigenvalue weighted by molar-refractivity contribution is 6.03. The Morgan fingerprint density at radius 2 is 2.06 bits per heavy atom. The summed E-state index contributed by atoms with van der Waals surface area (Å²) in [7, 11) is 0. The Hall–Kier alpha value is -3.90. The number of benzene rings is 1. The van der Waals surface area contributed by atoms with Crippen LogP contribution in [0.5, 0.6) is 0 Å². The summed E-state index contributed by atoms with van der Waals surface area (Å²) >= 11 is 0. The van der Waals surface area contributed by atoms with Crippen LogP contribution >= 0.6 is 0 Å². The van der Waals surface area contributed by atoms with E-state index in [-0.39, 0.29) is 24.5 Å². The van der Waals surface area contributed by atoms with Gasteiger partial charge in [0.05, 0.1) is 59.5 Å². The SMILES string of the molecule is CCc1ncc(NC(=O)Cc2nc3cnc4ccc(C#N)cc4c3n2[C@@H]2CCO[C@H](C)C2)cn1. The van der Waals surface area contributed by atoms with Crippen molar-refractivity contribution in [1.29, 1.82) is 5.26 Å². The van der Waals surface area contributed by atoms with Gasteiger partial charge in [-0.1, -0.05) is 6.92 Å². The standard InChI is InChI=1S/C25H25N7O2/c1-3-22-28-12-17(13-29-22)30-24(33)10-23-31-21-14-27-20-5-4-16(11-26)9-19(20)25(21)32(23)18-6-7-34-15(2)8-18/h4-5,9,12-15,18H,3,6-8,10H2,1-2H3,(H,30,33)/t15-,18-/m1/s1. The first-order valence-electron chi connectivity index (χ1n) is 11.5. The number of aryl methyl sites for hydroxylation is 1. The molecule has 172 valence electrons. The molecule has 2 atom stereocenters. The summed E-state index contributed by atoms with van der Waals surface area (Å²) in [6.07, 6.45) is 7.54. The quantitative estimate of drug-likeness (QED) is 0.487. The maximum absolute atomic E-state index is 13.0. The fourth-order valence-electron chi connectivity index (χ4n) is 4.57. The van der Waals surface area contributed by atoms with Gasteiger partial charge in [0.1, 0.15) is 17.2 Å². The first-order chi connectivity index (χ1) is 16.6. The lowest BCUT2D eigenvalue weighted by Crippen LogP contribution is -2.27. The summed E-state index contributed by atoms with van der Waals surface area (Å²) in [5.74, 6) is 1.19. The van der Waals surface area contributed by atoms with Crippen molar-refractivity contribution in [3.05, 3.63) is 54.0 Å². The predicted octanol–water partition coefficient (Wildman–Crippen LogP) is 3.73. The van der Waals surface area contributed by atoms with E-state index >= 15 is 0 Å². The molecule has 1 amide bonds. The van der Waals surface area contributed by atoms with Crippen LogP contribution in [0.1, 0.15) is 49.9 Å². The van der Waals surface area contributed by atoms with E-state index in [2.05, 4.69) is 37.8 Å². The Labute approximate surface area is 196 Å². The number of carbonyl (C=O) groups excluding carboxylic acids is 1. The zero-order chi connectivity index (χ0) is 23.7. The highest BCUT2D eigenvalue weighted by Crippen LogP contribution is 2.34. The van der Waals surface area contributed by atoms with Crippen molar-refractivity contribution in [3.8, 4) is 6.07 Å². The average Bonchev–Trinajstić information content (AvgIpc) is 3.22. The lowest BCUT2D eigenvalue weighted by Gasteiger charge is -2.30. The van der Waals surface area contributed by atoms with Crippen LogP contribution < -0.4 is 5.32 Å². The summed E-state index contributed by atoms with van der Waals surface area (Å²) in [6, 6.07) is 7.80. The molecule has 5 rings (SSSR count). The Bertz CT molecular complexity index is 1410. The molecule has 1 saturated heterocycles. The van der Waals surface area contributed by atoms with Gasteiger partial charge in [0.15, 0.2) is 0 Å². The van der Waals surface area contributed by atoms with Crippen LogP contribution in [0.15, 0.2) is 36.8 Å². The van der Waals surface area contributed by atoms with E-state index < -0.39 is 0 Å². The van der Waals surface area contributed by atoms with E-state index in [9.17, 15) is 10.1 Å². The van der Waals surface area contributed by atoms with E-state index in [0.717, 1.165) is 41.5 Å². The third-order valence-electron chi connectivity index (χ3n) is 6.16. The first kappa shape index (κ1) is 21.9. The van der Waals surface area contributed by atoms with E-state index in [0.29, 0.717) is 29.2 Å². The lowest BCUT2D eigenvalue weighted by molar-refractivity contribution is -0.115.